The number of rotatable bonds is 8. The van der Waals surface area contributed by atoms with E-state index in [4.69, 9.17) is 14.2 Å². The lowest BCUT2D eigenvalue weighted by molar-refractivity contribution is -0.132. The number of fused-ring (bicyclic) bond motifs is 1. The maximum Gasteiger partial charge on any atom is 0.237 e. The van der Waals surface area contributed by atoms with Gasteiger partial charge in [-0.3, -0.25) is 4.79 Å². The van der Waals surface area contributed by atoms with E-state index in [2.05, 4.69) is 11.4 Å². The number of benzene rings is 1. The number of nitrogens with one attached hydrogen (secondary N) is 1. The van der Waals surface area contributed by atoms with E-state index in [1.54, 1.807) is 32.7 Å². The van der Waals surface area contributed by atoms with E-state index < -0.39 is 0 Å². The van der Waals surface area contributed by atoms with Crippen molar-refractivity contribution in [1.29, 1.82) is 0 Å². The summed E-state index contributed by atoms with van der Waals surface area (Å²) in [4.78, 5) is 16.0. The predicted molar refractivity (Wildman–Crippen MR) is 106 cm³/mol. The third-order valence-electron chi connectivity index (χ3n) is 4.77. The number of carbonyl (C=O) groups is 1. The van der Waals surface area contributed by atoms with Crippen LogP contribution in [-0.4, -0.2) is 58.4 Å². The van der Waals surface area contributed by atoms with Gasteiger partial charge in [-0.25, -0.2) is 0 Å². The fourth-order valence-electron chi connectivity index (χ4n) is 3.44. The summed E-state index contributed by atoms with van der Waals surface area (Å²) < 4.78 is 16.0. The van der Waals surface area contributed by atoms with Crippen molar-refractivity contribution in [3.05, 3.63) is 45.6 Å². The van der Waals surface area contributed by atoms with Crippen LogP contribution in [0.5, 0.6) is 11.5 Å². The molecular weight excluding hydrogens is 364 g/mol. The highest BCUT2D eigenvalue weighted by Crippen LogP contribution is 2.42. The number of hydrogen-bond donors (Lipinski definition) is 1. The van der Waals surface area contributed by atoms with Crippen molar-refractivity contribution in [2.24, 2.45) is 0 Å². The monoisotopic (exact) mass is 390 g/mol. The van der Waals surface area contributed by atoms with Crippen molar-refractivity contribution >= 4 is 17.2 Å². The molecule has 0 radical (unpaired) electrons. The smallest absolute Gasteiger partial charge is 0.237 e. The summed E-state index contributed by atoms with van der Waals surface area (Å²) in [5.41, 5.74) is 2.30. The molecule has 1 atom stereocenters. The molecule has 0 saturated heterocycles. The van der Waals surface area contributed by atoms with Crippen molar-refractivity contribution in [2.45, 2.75) is 12.5 Å². The van der Waals surface area contributed by atoms with Crippen molar-refractivity contribution < 1.29 is 19.0 Å². The van der Waals surface area contributed by atoms with Gasteiger partial charge >= 0.3 is 0 Å². The summed E-state index contributed by atoms with van der Waals surface area (Å²) in [7, 11) is 4.93. The van der Waals surface area contributed by atoms with Crippen molar-refractivity contribution in [2.75, 3.05) is 47.6 Å². The van der Waals surface area contributed by atoms with Gasteiger partial charge in [0, 0.05) is 25.1 Å². The molecule has 0 aliphatic carbocycles. The first kappa shape index (κ1) is 19.7. The third-order valence-corrected chi connectivity index (χ3v) is 5.69. The maximum absolute atomic E-state index is 12.9. The highest BCUT2D eigenvalue weighted by Gasteiger charge is 2.33. The van der Waals surface area contributed by atoms with Crippen molar-refractivity contribution in [3.8, 4) is 11.5 Å². The summed E-state index contributed by atoms with van der Waals surface area (Å²) >= 11 is 1.66. The standard InChI is InChI=1S/C20H26N2O4S/c1-24-9-7-21-13-19(23)22-8-6-14-11-16(25-2)17(26-3)12-15(14)20(22)18-5-4-10-27-18/h4-5,10-12,20-21H,6-9,13H2,1-3H3. The topological polar surface area (TPSA) is 60.0 Å². The predicted octanol–water partition coefficient (Wildman–Crippen LogP) is 2.48. The van der Waals surface area contributed by atoms with E-state index in [-0.39, 0.29) is 11.9 Å². The second-order valence-electron chi connectivity index (χ2n) is 6.33. The average Bonchev–Trinajstić information content (AvgIpc) is 3.23. The normalized spacial score (nSPS) is 16.1. The molecule has 1 unspecified atom stereocenters. The lowest BCUT2D eigenvalue weighted by Gasteiger charge is -2.37. The van der Waals surface area contributed by atoms with Crippen molar-refractivity contribution in [3.63, 3.8) is 0 Å². The Kier molecular flexibility index (Phi) is 6.71. The molecule has 6 nitrogen and oxygen atoms in total. The molecule has 0 fully saturated rings. The van der Waals surface area contributed by atoms with Crippen LogP contribution in [0, 0.1) is 0 Å². The molecule has 146 valence electrons. The Morgan fingerprint density at radius 1 is 1.26 bits per heavy atom. The third kappa shape index (κ3) is 4.26. The highest BCUT2D eigenvalue weighted by atomic mass is 32.1. The first-order valence-corrected chi connectivity index (χ1v) is 9.84. The Hall–Kier alpha value is -2.09. The van der Waals surface area contributed by atoms with E-state index in [0.29, 0.717) is 32.0 Å². The summed E-state index contributed by atoms with van der Waals surface area (Å²) in [6.07, 6.45) is 0.793. The van der Waals surface area contributed by atoms with E-state index in [9.17, 15) is 4.79 Å². The van der Waals surface area contributed by atoms with Crippen LogP contribution in [0.25, 0.3) is 0 Å². The van der Waals surface area contributed by atoms with Crippen LogP contribution in [0.1, 0.15) is 22.0 Å². The Morgan fingerprint density at radius 3 is 2.70 bits per heavy atom. The van der Waals surface area contributed by atoms with Gasteiger partial charge in [-0.1, -0.05) is 6.07 Å². The molecule has 27 heavy (non-hydrogen) atoms. The first-order valence-electron chi connectivity index (χ1n) is 8.97. The van der Waals surface area contributed by atoms with E-state index >= 15 is 0 Å². The van der Waals surface area contributed by atoms with Gasteiger partial charge in [0.2, 0.25) is 5.91 Å². The fraction of sp³-hybridized carbons (Fsp3) is 0.450. The number of carbonyl (C=O) groups excluding carboxylic acids is 1. The molecule has 0 bridgehead atoms. The van der Waals surface area contributed by atoms with E-state index in [1.165, 1.54) is 5.56 Å². The Balaban J connectivity index is 1.92. The zero-order valence-electron chi connectivity index (χ0n) is 16.0. The quantitative estimate of drug-likeness (QED) is 0.702. The molecule has 2 aromatic rings. The lowest BCUT2D eigenvalue weighted by atomic mass is 9.90. The van der Waals surface area contributed by atoms with Crippen LogP contribution in [-0.2, 0) is 16.0 Å². The van der Waals surface area contributed by atoms with Crippen LogP contribution in [0.15, 0.2) is 29.6 Å². The van der Waals surface area contributed by atoms with Gasteiger partial charge in [0.05, 0.1) is 33.4 Å². The highest BCUT2D eigenvalue weighted by molar-refractivity contribution is 7.10. The molecule has 7 heteroatoms. The Morgan fingerprint density at radius 2 is 2.04 bits per heavy atom. The van der Waals surface area contributed by atoms with Gasteiger partial charge in [0.15, 0.2) is 11.5 Å². The van der Waals surface area contributed by atoms with Gasteiger partial charge < -0.3 is 24.4 Å². The van der Waals surface area contributed by atoms with Crippen LogP contribution >= 0.6 is 11.3 Å². The molecule has 3 rings (SSSR count). The van der Waals surface area contributed by atoms with Crippen molar-refractivity contribution in [1.82, 2.24) is 10.2 Å². The fourth-order valence-corrected chi connectivity index (χ4v) is 4.29. The summed E-state index contributed by atoms with van der Waals surface area (Å²) in [6, 6.07) is 8.04. The SMILES string of the molecule is COCCNCC(=O)N1CCc2cc(OC)c(OC)cc2C1c1cccs1. The maximum atomic E-state index is 12.9. The van der Waals surface area contributed by atoms with Crippen LogP contribution in [0.3, 0.4) is 0 Å². The van der Waals surface area contributed by atoms with Gasteiger partial charge in [-0.2, -0.15) is 0 Å². The summed E-state index contributed by atoms with van der Waals surface area (Å²) in [5.74, 6) is 1.50. The number of thiophene rings is 1. The Bertz CT molecular complexity index is 764. The van der Waals surface area contributed by atoms with Gasteiger partial charge in [-0.05, 0) is 41.1 Å². The van der Waals surface area contributed by atoms with Crippen LogP contribution in [0.4, 0.5) is 0 Å². The minimum Gasteiger partial charge on any atom is -0.493 e. The van der Waals surface area contributed by atoms with E-state index in [0.717, 1.165) is 22.6 Å². The average molecular weight is 391 g/mol. The number of hydrogen-bond acceptors (Lipinski definition) is 6. The molecule has 2 heterocycles. The first-order chi connectivity index (χ1) is 13.2. The largest absolute Gasteiger partial charge is 0.493 e. The molecule has 0 saturated carbocycles. The molecule has 0 spiro atoms. The second kappa shape index (κ2) is 9.21. The minimum absolute atomic E-state index is 0.0879. The minimum atomic E-state index is -0.106. The second-order valence-corrected chi connectivity index (χ2v) is 7.31. The number of amides is 1. The molecule has 1 aliphatic rings. The molecule has 1 aromatic carbocycles. The summed E-state index contributed by atoms with van der Waals surface area (Å²) in [5, 5.41) is 5.20. The molecule has 1 N–H and O–H groups in total. The molecule has 1 aliphatic heterocycles. The lowest BCUT2D eigenvalue weighted by Crippen LogP contribution is -2.44. The van der Waals surface area contributed by atoms with Gasteiger partial charge in [0.1, 0.15) is 0 Å². The van der Waals surface area contributed by atoms with E-state index in [1.807, 2.05) is 28.5 Å². The number of nitrogens with zero attached hydrogens (tertiary/aromatic N) is 1. The van der Waals surface area contributed by atoms with Crippen LogP contribution < -0.4 is 14.8 Å². The Labute approximate surface area is 164 Å². The number of methoxy groups -OCH3 is 3. The zero-order chi connectivity index (χ0) is 19.2. The van der Waals surface area contributed by atoms with Crippen LogP contribution in [0.2, 0.25) is 0 Å². The molecule has 1 aromatic heterocycles. The number of ether oxygens (including phenoxy) is 3. The summed E-state index contributed by atoms with van der Waals surface area (Å²) in [6.45, 7) is 2.21. The van der Waals surface area contributed by atoms with Gasteiger partial charge in [-0.15, -0.1) is 11.3 Å². The van der Waals surface area contributed by atoms with Gasteiger partial charge in [0.25, 0.3) is 0 Å². The zero-order valence-corrected chi connectivity index (χ0v) is 16.8. The molecule has 1 amide bonds. The molecular formula is C20H26N2O4S.